The number of halogens is 10. The molecule has 0 spiro atoms. The van der Waals surface area contributed by atoms with E-state index in [-0.39, 0.29) is 18.1 Å². The Bertz CT molecular complexity index is 2070. The van der Waals surface area contributed by atoms with Crippen molar-refractivity contribution in [1.29, 1.82) is 0 Å². The first kappa shape index (κ1) is 36.9. The van der Waals surface area contributed by atoms with Gasteiger partial charge in [0.15, 0.2) is 5.65 Å². The number of rotatable bonds is 2. The van der Waals surface area contributed by atoms with Crippen molar-refractivity contribution >= 4 is 61.8 Å². The highest BCUT2D eigenvalue weighted by Crippen LogP contribution is 2.61. The maximum absolute atomic E-state index is 12.7. The van der Waals surface area contributed by atoms with Gasteiger partial charge in [0, 0.05) is 29.6 Å². The summed E-state index contributed by atoms with van der Waals surface area (Å²) >= 11 is 19.7. The lowest BCUT2D eigenvalue weighted by Gasteiger charge is -2.07. The molecule has 6 rings (SSSR count). The summed E-state index contributed by atoms with van der Waals surface area (Å²) in [6.07, 6.45) is -2.86. The molecule has 0 aliphatic heterocycles. The van der Waals surface area contributed by atoms with E-state index in [1.54, 1.807) is 18.3 Å². The second-order valence-corrected chi connectivity index (χ2v) is 15.8. The van der Waals surface area contributed by atoms with Gasteiger partial charge in [-0.1, -0.05) is 43.3 Å². The predicted octanol–water partition coefficient (Wildman–Crippen LogP) is 10.2. The zero-order chi connectivity index (χ0) is 33.2. The number of aromatic amines is 1. The van der Waals surface area contributed by atoms with Crippen molar-refractivity contribution in [2.24, 2.45) is 0 Å². The molecule has 0 radical (unpaired) electrons. The molecule has 0 bridgehead atoms. The summed E-state index contributed by atoms with van der Waals surface area (Å²) in [7, 11) is 0. The molecular weight excluding hydrogens is 727 g/mol. The second-order valence-electron chi connectivity index (χ2n) is 8.79. The maximum atomic E-state index is 12.7. The predicted molar refractivity (Wildman–Crippen MR) is 167 cm³/mol. The molecule has 1 N–H and O–H groups in total. The number of nitrogens with zero attached hydrogens (tertiary/aromatic N) is 5. The Morgan fingerprint density at radius 1 is 0.739 bits per heavy atom. The minimum atomic E-state index is -4.41. The van der Waals surface area contributed by atoms with E-state index in [4.69, 9.17) is 11.6 Å². The van der Waals surface area contributed by atoms with Crippen LogP contribution < -0.4 is 5.56 Å². The van der Waals surface area contributed by atoms with Crippen LogP contribution in [0.3, 0.4) is 0 Å². The first-order valence-electron chi connectivity index (χ1n) is 12.0. The van der Waals surface area contributed by atoms with Crippen LogP contribution in [0.1, 0.15) is 18.6 Å². The molecule has 2 aromatic carbocycles. The van der Waals surface area contributed by atoms with Gasteiger partial charge >= 0.3 is 17.6 Å². The van der Waals surface area contributed by atoms with Gasteiger partial charge in [0.05, 0.1) is 23.5 Å². The molecule has 6 aromatic rings. The van der Waals surface area contributed by atoms with Crippen molar-refractivity contribution in [3.63, 3.8) is 0 Å². The first-order valence-corrected chi connectivity index (χ1v) is 16.8. The Morgan fingerprint density at radius 2 is 1.22 bits per heavy atom. The standard InChI is InChI=1S/C13H7ClF3N3.C13H8F3N3O.CH4.Cl3OP/c14-11-4-5-20-12(19-11)10(7-18-20)8-2-1-3-9(6-8)13(15,16)17;14-13(15,16)9-3-1-2-8(6-9)10-7-17-19-5-4-11(20)18-12(10)19;;1-5(2,3)4/h1-7H;1-7H,(H,18,20);1H4;. The second kappa shape index (κ2) is 14.5. The largest absolute Gasteiger partial charge is 0.416 e. The minimum absolute atomic E-state index is 0. The van der Waals surface area contributed by atoms with Crippen LogP contribution in [0.5, 0.6) is 0 Å². The zero-order valence-corrected chi connectivity index (χ0v) is 25.8. The van der Waals surface area contributed by atoms with Crippen LogP contribution in [0.2, 0.25) is 5.15 Å². The Kier molecular flexibility index (Phi) is 11.6. The molecule has 0 amide bonds. The third-order valence-corrected chi connectivity index (χ3v) is 5.95. The highest BCUT2D eigenvalue weighted by molar-refractivity contribution is 8.24. The molecule has 0 unspecified atom stereocenters. The van der Waals surface area contributed by atoms with E-state index >= 15 is 0 Å². The van der Waals surface area contributed by atoms with Crippen molar-refractivity contribution in [3.8, 4) is 22.3 Å². The lowest BCUT2D eigenvalue weighted by Crippen LogP contribution is -2.06. The molecule has 0 saturated heterocycles. The van der Waals surface area contributed by atoms with E-state index in [9.17, 15) is 35.7 Å². The van der Waals surface area contributed by atoms with E-state index in [1.807, 2.05) is 0 Å². The third kappa shape index (κ3) is 9.73. The maximum Gasteiger partial charge on any atom is 0.416 e. The van der Waals surface area contributed by atoms with Gasteiger partial charge in [0.2, 0.25) is 0 Å². The molecule has 46 heavy (non-hydrogen) atoms. The fourth-order valence-corrected chi connectivity index (χ4v) is 4.02. The third-order valence-electron chi connectivity index (χ3n) is 5.74. The SMILES string of the molecule is C.FC(F)(F)c1cccc(-c2cnn3ccc(Cl)nc23)c1.O=P(Cl)(Cl)Cl.O=c1ccn2ncc(-c3cccc(C(F)(F)F)c3)c2[nH]1. The lowest BCUT2D eigenvalue weighted by molar-refractivity contribution is -0.138. The quantitative estimate of drug-likeness (QED) is 0.108. The molecule has 244 valence electrons. The summed E-state index contributed by atoms with van der Waals surface area (Å²) in [4.78, 5) is 18.0. The summed E-state index contributed by atoms with van der Waals surface area (Å²) < 4.78 is 88.7. The average Bonchev–Trinajstić information content (AvgIpc) is 3.55. The molecule has 4 aromatic heterocycles. The Balaban J connectivity index is 0.000000215. The number of nitrogens with one attached hydrogen (secondary N) is 1. The molecular formula is C27H19Cl4F6N6O2P. The number of alkyl halides is 6. The van der Waals surface area contributed by atoms with Gasteiger partial charge in [-0.2, -0.15) is 36.5 Å². The number of hydrogen-bond donors (Lipinski definition) is 1. The van der Waals surface area contributed by atoms with Crippen LogP contribution in [0.25, 0.3) is 33.5 Å². The van der Waals surface area contributed by atoms with Crippen LogP contribution in [-0.2, 0) is 16.9 Å². The van der Waals surface area contributed by atoms with Gasteiger partial charge in [-0.05, 0) is 75.2 Å². The average molecular weight is 746 g/mol. The normalized spacial score (nSPS) is 11.7. The fraction of sp³-hybridized carbons (Fsp3) is 0.111. The van der Waals surface area contributed by atoms with Crippen molar-refractivity contribution < 1.29 is 30.9 Å². The minimum Gasteiger partial charge on any atom is -0.306 e. The number of hydrogen-bond acceptors (Lipinski definition) is 5. The van der Waals surface area contributed by atoms with Crippen LogP contribution in [-0.4, -0.2) is 29.2 Å². The molecule has 4 heterocycles. The Labute approximate surface area is 275 Å². The monoisotopic (exact) mass is 744 g/mol. The highest BCUT2D eigenvalue weighted by atomic mass is 36.0. The number of H-pyrrole nitrogens is 1. The van der Waals surface area contributed by atoms with Crippen molar-refractivity contribution in [2.45, 2.75) is 19.8 Å². The zero-order valence-electron chi connectivity index (χ0n) is 21.9. The first-order chi connectivity index (χ1) is 20.9. The summed E-state index contributed by atoms with van der Waals surface area (Å²) in [6.45, 7) is 0. The van der Waals surface area contributed by atoms with Gasteiger partial charge in [0.25, 0.3) is 5.56 Å². The molecule has 8 nitrogen and oxygen atoms in total. The summed E-state index contributed by atoms with van der Waals surface area (Å²) in [5.41, 5.74) is 0.651. The summed E-state index contributed by atoms with van der Waals surface area (Å²) in [5.74, 6) is 0. The number of aromatic nitrogens is 6. The number of benzene rings is 2. The van der Waals surface area contributed by atoms with E-state index in [0.717, 1.165) is 24.3 Å². The van der Waals surface area contributed by atoms with Crippen molar-refractivity contribution in [1.82, 2.24) is 29.2 Å². The van der Waals surface area contributed by atoms with E-state index in [2.05, 4.69) is 53.9 Å². The van der Waals surface area contributed by atoms with Crippen LogP contribution in [0, 0.1) is 0 Å². The van der Waals surface area contributed by atoms with Crippen LogP contribution in [0.15, 0.2) is 90.2 Å². The van der Waals surface area contributed by atoms with Gasteiger partial charge in [-0.3, -0.25) is 9.36 Å². The molecule has 0 aliphatic rings. The van der Waals surface area contributed by atoms with E-state index < -0.39 is 28.7 Å². The van der Waals surface area contributed by atoms with Crippen LogP contribution >= 0.6 is 50.5 Å². The molecule has 0 fully saturated rings. The van der Waals surface area contributed by atoms with Crippen molar-refractivity contribution in [3.05, 3.63) is 112 Å². The summed E-state index contributed by atoms with van der Waals surface area (Å²) in [6, 6.07) is 12.8. The molecule has 0 saturated carbocycles. The van der Waals surface area contributed by atoms with Gasteiger partial charge in [0.1, 0.15) is 10.8 Å². The van der Waals surface area contributed by atoms with Gasteiger partial charge < -0.3 is 4.98 Å². The van der Waals surface area contributed by atoms with E-state index in [1.165, 1.54) is 51.9 Å². The highest BCUT2D eigenvalue weighted by Gasteiger charge is 2.31. The van der Waals surface area contributed by atoms with E-state index in [0.29, 0.717) is 33.5 Å². The fourth-order valence-electron chi connectivity index (χ4n) is 3.88. The Morgan fingerprint density at radius 3 is 1.76 bits per heavy atom. The van der Waals surface area contributed by atoms with Gasteiger partial charge in [-0.25, -0.2) is 14.0 Å². The van der Waals surface area contributed by atoms with Gasteiger partial charge in [-0.15, -0.1) is 0 Å². The Hall–Kier alpha value is -3.55. The molecule has 0 aliphatic carbocycles. The topological polar surface area (TPSA) is 97.4 Å². The lowest BCUT2D eigenvalue weighted by atomic mass is 10.1. The summed E-state index contributed by atoms with van der Waals surface area (Å²) in [5, 5.41) is 5.07. The molecule has 0 atom stereocenters. The molecule has 19 heteroatoms. The van der Waals surface area contributed by atoms with Crippen molar-refractivity contribution in [2.75, 3.05) is 0 Å². The van der Waals surface area contributed by atoms with Crippen LogP contribution in [0.4, 0.5) is 26.3 Å². The number of fused-ring (bicyclic) bond motifs is 2. The smallest absolute Gasteiger partial charge is 0.306 e.